The smallest absolute Gasteiger partial charge is 0.310 e. The summed E-state index contributed by atoms with van der Waals surface area (Å²) in [6.07, 6.45) is 3.57. The van der Waals surface area contributed by atoms with Crippen LogP contribution >= 0.6 is 0 Å². The molecule has 21 heavy (non-hydrogen) atoms. The van der Waals surface area contributed by atoms with E-state index < -0.39 is 0 Å². The van der Waals surface area contributed by atoms with Crippen LogP contribution in [-0.2, 0) is 20.7 Å². The van der Waals surface area contributed by atoms with Gasteiger partial charge in [-0.25, -0.2) is 4.39 Å². The van der Waals surface area contributed by atoms with E-state index in [1.54, 1.807) is 12.1 Å². The van der Waals surface area contributed by atoms with Crippen LogP contribution in [0.3, 0.4) is 0 Å². The molecule has 2 rings (SSSR count). The van der Waals surface area contributed by atoms with Crippen molar-refractivity contribution in [3.63, 3.8) is 0 Å². The van der Waals surface area contributed by atoms with Gasteiger partial charge in [0, 0.05) is 6.04 Å². The number of methoxy groups -OCH3 is 1. The lowest BCUT2D eigenvalue weighted by atomic mass is 9.84. The number of halogens is 1. The fourth-order valence-corrected chi connectivity index (χ4v) is 2.83. The standard InChI is InChI=1S/C16H20FNO3/c1-21-16(20)13-7-2-3-8-14(13)18-15(19)10-11-5-4-6-12(17)9-11/h4-6,9,13-14H,2-3,7-8,10H2,1H3,(H,18,19)/t13-,14+/m1/s1. The van der Waals surface area contributed by atoms with E-state index in [-0.39, 0.29) is 36.1 Å². The lowest BCUT2D eigenvalue weighted by molar-refractivity contribution is -0.147. The van der Waals surface area contributed by atoms with Crippen LogP contribution in [0.5, 0.6) is 0 Å². The Labute approximate surface area is 123 Å². The second kappa shape index (κ2) is 7.20. The monoisotopic (exact) mass is 293 g/mol. The minimum atomic E-state index is -0.356. The van der Waals surface area contributed by atoms with E-state index in [2.05, 4.69) is 5.32 Å². The van der Waals surface area contributed by atoms with Gasteiger partial charge in [0.05, 0.1) is 19.4 Å². The number of ether oxygens (including phenoxy) is 1. The first-order chi connectivity index (χ1) is 10.1. The second-order valence-corrected chi connectivity index (χ2v) is 5.39. The Morgan fingerprint density at radius 3 is 2.81 bits per heavy atom. The number of benzene rings is 1. The molecule has 114 valence electrons. The van der Waals surface area contributed by atoms with Gasteiger partial charge in [0.1, 0.15) is 5.82 Å². The van der Waals surface area contributed by atoms with Gasteiger partial charge in [-0.05, 0) is 30.5 Å². The fraction of sp³-hybridized carbons (Fsp3) is 0.500. The van der Waals surface area contributed by atoms with E-state index in [1.165, 1.54) is 19.2 Å². The van der Waals surface area contributed by atoms with E-state index in [4.69, 9.17) is 4.74 Å². The van der Waals surface area contributed by atoms with Gasteiger partial charge >= 0.3 is 5.97 Å². The molecule has 5 heteroatoms. The number of carbonyl (C=O) groups is 2. The molecule has 1 aliphatic carbocycles. The average molecular weight is 293 g/mol. The summed E-state index contributed by atoms with van der Waals surface area (Å²) >= 11 is 0. The van der Waals surface area contributed by atoms with Crippen molar-refractivity contribution in [1.82, 2.24) is 5.32 Å². The number of carbonyl (C=O) groups excluding carboxylic acids is 2. The highest BCUT2D eigenvalue weighted by Crippen LogP contribution is 2.25. The highest BCUT2D eigenvalue weighted by atomic mass is 19.1. The highest BCUT2D eigenvalue weighted by molar-refractivity contribution is 5.80. The summed E-state index contributed by atoms with van der Waals surface area (Å²) in [6.45, 7) is 0. The highest BCUT2D eigenvalue weighted by Gasteiger charge is 2.32. The van der Waals surface area contributed by atoms with Crippen LogP contribution < -0.4 is 5.32 Å². The third-order valence-corrected chi connectivity index (χ3v) is 3.87. The van der Waals surface area contributed by atoms with Crippen molar-refractivity contribution in [3.8, 4) is 0 Å². The molecule has 0 aliphatic heterocycles. The van der Waals surface area contributed by atoms with Crippen molar-refractivity contribution in [3.05, 3.63) is 35.6 Å². The Kier molecular flexibility index (Phi) is 5.31. The summed E-state index contributed by atoms with van der Waals surface area (Å²) in [7, 11) is 1.36. The van der Waals surface area contributed by atoms with Gasteiger partial charge in [-0.2, -0.15) is 0 Å². The first-order valence-electron chi connectivity index (χ1n) is 7.22. The van der Waals surface area contributed by atoms with Gasteiger partial charge in [-0.3, -0.25) is 9.59 Å². The summed E-state index contributed by atoms with van der Waals surface area (Å²) in [6, 6.07) is 5.79. The third-order valence-electron chi connectivity index (χ3n) is 3.87. The quantitative estimate of drug-likeness (QED) is 0.866. The Bertz CT molecular complexity index is 518. The molecule has 0 spiro atoms. The molecule has 0 radical (unpaired) electrons. The van der Waals surface area contributed by atoms with Crippen LogP contribution in [0.25, 0.3) is 0 Å². The molecule has 4 nitrogen and oxygen atoms in total. The van der Waals surface area contributed by atoms with E-state index in [0.717, 1.165) is 25.7 Å². The second-order valence-electron chi connectivity index (χ2n) is 5.39. The number of nitrogens with one attached hydrogen (secondary N) is 1. The molecule has 1 N–H and O–H groups in total. The normalized spacial score (nSPS) is 21.6. The predicted molar refractivity (Wildman–Crippen MR) is 76.0 cm³/mol. The molecule has 1 aromatic rings. The molecule has 0 saturated heterocycles. The molecular weight excluding hydrogens is 273 g/mol. The van der Waals surface area contributed by atoms with Crippen LogP contribution in [0.2, 0.25) is 0 Å². The number of amides is 1. The Morgan fingerprint density at radius 1 is 1.33 bits per heavy atom. The summed E-state index contributed by atoms with van der Waals surface area (Å²) in [5.74, 6) is -1.10. The van der Waals surface area contributed by atoms with Gasteiger partial charge in [-0.15, -0.1) is 0 Å². The SMILES string of the molecule is COC(=O)[C@@H]1CCCC[C@@H]1NC(=O)Cc1cccc(F)c1. The van der Waals surface area contributed by atoms with Crippen LogP contribution in [0.15, 0.2) is 24.3 Å². The van der Waals surface area contributed by atoms with Crippen LogP contribution in [0, 0.1) is 11.7 Å². The first-order valence-corrected chi connectivity index (χ1v) is 7.22. The minimum Gasteiger partial charge on any atom is -0.469 e. The number of hydrogen-bond acceptors (Lipinski definition) is 3. The van der Waals surface area contributed by atoms with Crippen LogP contribution in [0.4, 0.5) is 4.39 Å². The molecule has 0 bridgehead atoms. The van der Waals surface area contributed by atoms with Crippen molar-refractivity contribution in [2.75, 3.05) is 7.11 Å². The maximum atomic E-state index is 13.1. The molecule has 1 aromatic carbocycles. The lowest BCUT2D eigenvalue weighted by Crippen LogP contribution is -2.45. The Hall–Kier alpha value is -1.91. The topological polar surface area (TPSA) is 55.4 Å². The van der Waals surface area contributed by atoms with Gasteiger partial charge in [0.25, 0.3) is 0 Å². The maximum Gasteiger partial charge on any atom is 0.310 e. The molecule has 2 atom stereocenters. The summed E-state index contributed by atoms with van der Waals surface area (Å²) in [5.41, 5.74) is 0.623. The maximum absolute atomic E-state index is 13.1. The van der Waals surface area contributed by atoms with Crippen molar-refractivity contribution < 1.29 is 18.7 Å². The average Bonchev–Trinajstić information content (AvgIpc) is 2.47. The summed E-state index contributed by atoms with van der Waals surface area (Å²) in [4.78, 5) is 23.8. The summed E-state index contributed by atoms with van der Waals surface area (Å²) < 4.78 is 17.9. The van der Waals surface area contributed by atoms with Gasteiger partial charge < -0.3 is 10.1 Å². The van der Waals surface area contributed by atoms with E-state index in [1.807, 2.05) is 0 Å². The van der Waals surface area contributed by atoms with Crippen molar-refractivity contribution in [2.24, 2.45) is 5.92 Å². The zero-order chi connectivity index (χ0) is 15.2. The number of rotatable bonds is 4. The molecule has 0 heterocycles. The molecule has 0 aromatic heterocycles. The van der Waals surface area contributed by atoms with E-state index >= 15 is 0 Å². The first kappa shape index (κ1) is 15.5. The molecule has 1 amide bonds. The molecule has 0 unspecified atom stereocenters. The van der Waals surface area contributed by atoms with Crippen LogP contribution in [-0.4, -0.2) is 25.0 Å². The zero-order valence-electron chi connectivity index (χ0n) is 12.1. The van der Waals surface area contributed by atoms with Gasteiger partial charge in [-0.1, -0.05) is 25.0 Å². The van der Waals surface area contributed by atoms with E-state index in [0.29, 0.717) is 5.56 Å². The minimum absolute atomic E-state index is 0.113. The number of esters is 1. The molecule has 1 saturated carbocycles. The van der Waals surface area contributed by atoms with Gasteiger partial charge in [0.15, 0.2) is 0 Å². The molecule has 1 aliphatic rings. The third kappa shape index (κ3) is 4.28. The molecule has 1 fully saturated rings. The van der Waals surface area contributed by atoms with Crippen molar-refractivity contribution in [2.45, 2.75) is 38.1 Å². The van der Waals surface area contributed by atoms with Crippen molar-refractivity contribution in [1.29, 1.82) is 0 Å². The lowest BCUT2D eigenvalue weighted by Gasteiger charge is -2.30. The largest absolute Gasteiger partial charge is 0.469 e. The Balaban J connectivity index is 1.95. The fourth-order valence-electron chi connectivity index (χ4n) is 2.83. The molecular formula is C16H20FNO3. The van der Waals surface area contributed by atoms with Gasteiger partial charge in [0.2, 0.25) is 5.91 Å². The summed E-state index contributed by atoms with van der Waals surface area (Å²) in [5, 5.41) is 2.89. The Morgan fingerprint density at radius 2 is 2.10 bits per heavy atom. The number of hydrogen-bond donors (Lipinski definition) is 1. The van der Waals surface area contributed by atoms with Crippen LogP contribution in [0.1, 0.15) is 31.2 Å². The predicted octanol–water partition coefficient (Wildman–Crippen LogP) is 2.22. The van der Waals surface area contributed by atoms with E-state index in [9.17, 15) is 14.0 Å². The van der Waals surface area contributed by atoms with Crippen molar-refractivity contribution >= 4 is 11.9 Å². The zero-order valence-corrected chi connectivity index (χ0v) is 12.1.